The Balaban J connectivity index is 1.72. The zero-order valence-corrected chi connectivity index (χ0v) is 9.52. The normalized spacial score (nSPS) is 24.6. The van der Waals surface area contributed by atoms with Gasteiger partial charge in [-0.25, -0.2) is 0 Å². The van der Waals surface area contributed by atoms with Crippen molar-refractivity contribution in [3.8, 4) is 0 Å². The minimum absolute atomic E-state index is 0.107. The van der Waals surface area contributed by atoms with Crippen LogP contribution in [0.3, 0.4) is 0 Å². The van der Waals surface area contributed by atoms with Crippen LogP contribution in [-0.2, 0) is 11.3 Å². The second-order valence-electron chi connectivity index (χ2n) is 4.33. The molecule has 1 aromatic rings. The highest BCUT2D eigenvalue weighted by Crippen LogP contribution is 2.07. The molecule has 1 amide bonds. The Bertz CT molecular complexity index is 336. The minimum atomic E-state index is 0.107. The van der Waals surface area contributed by atoms with Gasteiger partial charge in [-0.05, 0) is 18.5 Å². The lowest BCUT2D eigenvalue weighted by Gasteiger charge is -2.16. The molecule has 5 heteroatoms. The van der Waals surface area contributed by atoms with Crippen molar-refractivity contribution in [2.24, 2.45) is 5.92 Å². The number of aryl methyl sites for hydroxylation is 1. The number of nitrogens with one attached hydrogen (secondary N) is 2. The van der Waals surface area contributed by atoms with Gasteiger partial charge in [0.2, 0.25) is 5.91 Å². The van der Waals surface area contributed by atoms with E-state index in [9.17, 15) is 4.79 Å². The molecule has 2 N–H and O–H groups in total. The van der Waals surface area contributed by atoms with Gasteiger partial charge in [0.25, 0.3) is 0 Å². The van der Waals surface area contributed by atoms with E-state index in [1.54, 1.807) is 10.9 Å². The van der Waals surface area contributed by atoms with Crippen LogP contribution in [0.1, 0.15) is 13.3 Å². The van der Waals surface area contributed by atoms with E-state index in [2.05, 4.69) is 22.7 Å². The first-order valence-electron chi connectivity index (χ1n) is 5.73. The van der Waals surface area contributed by atoms with Crippen molar-refractivity contribution >= 4 is 5.91 Å². The van der Waals surface area contributed by atoms with Gasteiger partial charge in [-0.2, -0.15) is 5.10 Å². The first-order chi connectivity index (χ1) is 7.75. The SMILES string of the molecule is CC1CNCC1NC(=O)CCn1cccn1. The number of nitrogens with zero attached hydrogens (tertiary/aromatic N) is 2. The molecule has 0 bridgehead atoms. The Morgan fingerprint density at radius 2 is 2.50 bits per heavy atom. The van der Waals surface area contributed by atoms with Gasteiger partial charge in [-0.1, -0.05) is 6.92 Å². The predicted octanol–water partition coefficient (Wildman–Crippen LogP) is -0.00270. The number of amides is 1. The highest BCUT2D eigenvalue weighted by molar-refractivity contribution is 5.76. The smallest absolute Gasteiger partial charge is 0.222 e. The van der Waals surface area contributed by atoms with E-state index in [-0.39, 0.29) is 11.9 Å². The first kappa shape index (κ1) is 11.1. The third kappa shape index (κ3) is 2.82. The summed E-state index contributed by atoms with van der Waals surface area (Å²) in [4.78, 5) is 11.7. The molecule has 16 heavy (non-hydrogen) atoms. The van der Waals surface area contributed by atoms with Crippen molar-refractivity contribution in [1.82, 2.24) is 20.4 Å². The molecule has 1 aromatic heterocycles. The van der Waals surface area contributed by atoms with Crippen LogP contribution in [0.2, 0.25) is 0 Å². The fourth-order valence-corrected chi connectivity index (χ4v) is 1.93. The number of aromatic nitrogens is 2. The monoisotopic (exact) mass is 222 g/mol. The van der Waals surface area contributed by atoms with Gasteiger partial charge in [0.1, 0.15) is 0 Å². The summed E-state index contributed by atoms with van der Waals surface area (Å²) in [7, 11) is 0. The van der Waals surface area contributed by atoms with Crippen molar-refractivity contribution in [1.29, 1.82) is 0 Å². The van der Waals surface area contributed by atoms with Gasteiger partial charge in [-0.3, -0.25) is 9.48 Å². The van der Waals surface area contributed by atoms with Gasteiger partial charge in [0, 0.05) is 37.9 Å². The summed E-state index contributed by atoms with van der Waals surface area (Å²) in [5, 5.41) is 10.4. The largest absolute Gasteiger partial charge is 0.352 e. The lowest BCUT2D eigenvalue weighted by atomic mass is 10.1. The number of carbonyl (C=O) groups excluding carboxylic acids is 1. The average molecular weight is 222 g/mol. The summed E-state index contributed by atoms with van der Waals surface area (Å²) in [5.74, 6) is 0.629. The molecule has 2 heterocycles. The van der Waals surface area contributed by atoms with Crippen molar-refractivity contribution < 1.29 is 4.79 Å². The van der Waals surface area contributed by atoms with Gasteiger partial charge in [0.05, 0.1) is 0 Å². The van der Waals surface area contributed by atoms with E-state index in [1.807, 2.05) is 12.3 Å². The molecule has 1 aliphatic rings. The van der Waals surface area contributed by atoms with Crippen LogP contribution in [0, 0.1) is 5.92 Å². The van der Waals surface area contributed by atoms with Gasteiger partial charge in [0.15, 0.2) is 0 Å². The van der Waals surface area contributed by atoms with Crippen molar-refractivity contribution in [3.05, 3.63) is 18.5 Å². The second kappa shape index (κ2) is 5.12. The lowest BCUT2D eigenvalue weighted by molar-refractivity contribution is -0.122. The fourth-order valence-electron chi connectivity index (χ4n) is 1.93. The number of hydrogen-bond acceptors (Lipinski definition) is 3. The van der Waals surface area contributed by atoms with Crippen LogP contribution in [0.5, 0.6) is 0 Å². The molecule has 2 unspecified atom stereocenters. The van der Waals surface area contributed by atoms with Crippen molar-refractivity contribution in [3.63, 3.8) is 0 Å². The van der Waals surface area contributed by atoms with Gasteiger partial charge < -0.3 is 10.6 Å². The molecule has 2 rings (SSSR count). The highest BCUT2D eigenvalue weighted by atomic mass is 16.1. The number of carbonyl (C=O) groups is 1. The first-order valence-corrected chi connectivity index (χ1v) is 5.73. The summed E-state index contributed by atoms with van der Waals surface area (Å²) < 4.78 is 1.77. The summed E-state index contributed by atoms with van der Waals surface area (Å²) in [5.41, 5.74) is 0. The van der Waals surface area contributed by atoms with Crippen LogP contribution >= 0.6 is 0 Å². The zero-order valence-electron chi connectivity index (χ0n) is 9.52. The molecular formula is C11H18N4O. The topological polar surface area (TPSA) is 58.9 Å². The third-order valence-electron chi connectivity index (χ3n) is 2.99. The number of hydrogen-bond donors (Lipinski definition) is 2. The van der Waals surface area contributed by atoms with E-state index in [0.29, 0.717) is 18.9 Å². The molecular weight excluding hydrogens is 204 g/mol. The standard InChI is InChI=1S/C11H18N4O/c1-9-7-12-8-10(9)14-11(16)3-6-15-5-2-4-13-15/h2,4-5,9-10,12H,3,6-8H2,1H3,(H,14,16). The Kier molecular flexibility index (Phi) is 3.56. The Morgan fingerprint density at radius 1 is 1.62 bits per heavy atom. The van der Waals surface area contributed by atoms with Crippen molar-refractivity contribution in [2.45, 2.75) is 25.9 Å². The molecule has 0 radical (unpaired) electrons. The third-order valence-corrected chi connectivity index (χ3v) is 2.99. The van der Waals surface area contributed by atoms with Crippen LogP contribution in [-0.4, -0.2) is 34.8 Å². The molecule has 0 aromatic carbocycles. The maximum absolute atomic E-state index is 11.7. The number of rotatable bonds is 4. The summed E-state index contributed by atoms with van der Waals surface area (Å²) >= 11 is 0. The second-order valence-corrected chi connectivity index (χ2v) is 4.33. The molecule has 5 nitrogen and oxygen atoms in total. The fraction of sp³-hybridized carbons (Fsp3) is 0.636. The van der Waals surface area contributed by atoms with Crippen LogP contribution in [0.15, 0.2) is 18.5 Å². The summed E-state index contributed by atoms with van der Waals surface area (Å²) in [6, 6.07) is 2.14. The van der Waals surface area contributed by atoms with E-state index in [0.717, 1.165) is 13.1 Å². The van der Waals surface area contributed by atoms with Crippen LogP contribution < -0.4 is 10.6 Å². The molecule has 0 saturated carbocycles. The molecule has 1 aliphatic heterocycles. The molecule has 0 aliphatic carbocycles. The summed E-state index contributed by atoms with van der Waals surface area (Å²) in [6.45, 7) is 4.67. The molecule has 88 valence electrons. The molecule has 1 saturated heterocycles. The quantitative estimate of drug-likeness (QED) is 0.753. The minimum Gasteiger partial charge on any atom is -0.352 e. The highest BCUT2D eigenvalue weighted by Gasteiger charge is 2.23. The van der Waals surface area contributed by atoms with Gasteiger partial charge >= 0.3 is 0 Å². The molecule has 1 fully saturated rings. The summed E-state index contributed by atoms with van der Waals surface area (Å²) in [6.07, 6.45) is 4.08. The van der Waals surface area contributed by atoms with E-state index in [4.69, 9.17) is 0 Å². The van der Waals surface area contributed by atoms with Crippen molar-refractivity contribution in [2.75, 3.05) is 13.1 Å². The van der Waals surface area contributed by atoms with Gasteiger partial charge in [-0.15, -0.1) is 0 Å². The van der Waals surface area contributed by atoms with E-state index >= 15 is 0 Å². The van der Waals surface area contributed by atoms with E-state index in [1.165, 1.54) is 0 Å². The Labute approximate surface area is 95.2 Å². The molecule has 0 spiro atoms. The zero-order chi connectivity index (χ0) is 11.4. The maximum Gasteiger partial charge on any atom is 0.222 e. The Hall–Kier alpha value is -1.36. The Morgan fingerprint density at radius 3 is 3.12 bits per heavy atom. The van der Waals surface area contributed by atoms with Crippen LogP contribution in [0.25, 0.3) is 0 Å². The average Bonchev–Trinajstić information content (AvgIpc) is 2.88. The predicted molar refractivity (Wildman–Crippen MR) is 60.8 cm³/mol. The maximum atomic E-state index is 11.7. The lowest BCUT2D eigenvalue weighted by Crippen LogP contribution is -2.39. The van der Waals surface area contributed by atoms with E-state index < -0.39 is 0 Å². The van der Waals surface area contributed by atoms with Crippen LogP contribution in [0.4, 0.5) is 0 Å². The molecule has 2 atom stereocenters.